The van der Waals surface area contributed by atoms with Gasteiger partial charge in [0.1, 0.15) is 12.7 Å². The number of rotatable bonds is 6. The number of nitrogens with zero attached hydrogens (tertiary/aromatic N) is 1. The van der Waals surface area contributed by atoms with E-state index in [1.165, 1.54) is 11.1 Å². The normalized spacial score (nSPS) is 15.6. The van der Waals surface area contributed by atoms with Crippen molar-refractivity contribution in [3.05, 3.63) is 94.5 Å². The van der Waals surface area contributed by atoms with Gasteiger partial charge in [0, 0.05) is 19.6 Å². The first-order valence-electron chi connectivity index (χ1n) is 10.00. The molecule has 3 aromatic carbocycles. The lowest BCUT2D eigenvalue weighted by Crippen LogP contribution is -2.40. The molecule has 0 saturated heterocycles. The second kappa shape index (κ2) is 8.08. The molecule has 1 aliphatic rings. The molecule has 1 unspecified atom stereocenters. The highest BCUT2D eigenvalue weighted by molar-refractivity contribution is 5.82. The number of nitrogens with one attached hydrogen (secondary N) is 1. The Hall–Kier alpha value is -3.51. The molecule has 6 nitrogen and oxygen atoms in total. The molecule has 4 aromatic rings. The van der Waals surface area contributed by atoms with E-state index in [2.05, 4.69) is 58.4 Å². The molecule has 1 aliphatic heterocycles. The summed E-state index contributed by atoms with van der Waals surface area (Å²) in [6, 6.07) is 24.3. The lowest BCUT2D eigenvalue weighted by molar-refractivity contribution is 0.0546. The van der Waals surface area contributed by atoms with Crippen LogP contribution in [0.4, 0.5) is 0 Å². The molecule has 0 saturated carbocycles. The Balaban J connectivity index is 1.38. The number of hydrogen-bond acceptors (Lipinski definition) is 5. The second-order valence-corrected chi connectivity index (χ2v) is 7.48. The van der Waals surface area contributed by atoms with Crippen LogP contribution in [0.5, 0.6) is 11.5 Å². The van der Waals surface area contributed by atoms with Gasteiger partial charge in [-0.3, -0.25) is 9.88 Å². The molecule has 5 rings (SSSR count). The Bertz CT molecular complexity index is 1140. The van der Waals surface area contributed by atoms with Gasteiger partial charge in [0.05, 0.1) is 5.52 Å². The summed E-state index contributed by atoms with van der Waals surface area (Å²) >= 11 is 0. The fourth-order valence-corrected chi connectivity index (χ4v) is 3.83. The molecule has 152 valence electrons. The van der Waals surface area contributed by atoms with Gasteiger partial charge in [-0.1, -0.05) is 60.7 Å². The number of hydrogen-bond donors (Lipinski definition) is 1. The van der Waals surface area contributed by atoms with Crippen LogP contribution in [-0.4, -0.2) is 29.1 Å². The van der Waals surface area contributed by atoms with Gasteiger partial charge in [-0.25, -0.2) is 4.79 Å². The average Bonchev–Trinajstić information content (AvgIpc) is 3.16. The Kier molecular flexibility index (Phi) is 4.99. The summed E-state index contributed by atoms with van der Waals surface area (Å²) in [6.07, 6.45) is -0.185. The van der Waals surface area contributed by atoms with Crippen LogP contribution in [0.15, 0.2) is 82.0 Å². The van der Waals surface area contributed by atoms with E-state index in [4.69, 9.17) is 13.9 Å². The van der Waals surface area contributed by atoms with Gasteiger partial charge in [0.15, 0.2) is 5.75 Å². The zero-order valence-electron chi connectivity index (χ0n) is 16.4. The summed E-state index contributed by atoms with van der Waals surface area (Å²) in [5.41, 5.74) is 3.49. The number of aromatic amines is 1. The molecule has 0 spiro atoms. The predicted octanol–water partition coefficient (Wildman–Crippen LogP) is 3.96. The van der Waals surface area contributed by atoms with Crippen LogP contribution < -0.4 is 15.2 Å². The molecule has 0 aliphatic carbocycles. The highest BCUT2D eigenvalue weighted by Gasteiger charge is 2.27. The fraction of sp³-hybridized carbons (Fsp3) is 0.208. The maximum absolute atomic E-state index is 11.6. The van der Waals surface area contributed by atoms with Crippen LogP contribution in [0.25, 0.3) is 11.1 Å². The van der Waals surface area contributed by atoms with Crippen LogP contribution in [0, 0.1) is 0 Å². The number of H-pyrrole nitrogens is 1. The summed E-state index contributed by atoms with van der Waals surface area (Å²) in [5, 5.41) is 0. The van der Waals surface area contributed by atoms with Crippen molar-refractivity contribution in [2.75, 3.05) is 13.2 Å². The molecular formula is C24H22N2O4. The van der Waals surface area contributed by atoms with Crippen LogP contribution >= 0.6 is 0 Å². The largest absolute Gasteiger partial charge is 0.486 e. The summed E-state index contributed by atoms with van der Waals surface area (Å²) in [6.45, 7) is 2.71. The van der Waals surface area contributed by atoms with E-state index < -0.39 is 5.76 Å². The van der Waals surface area contributed by atoms with E-state index in [0.717, 1.165) is 13.1 Å². The average molecular weight is 402 g/mol. The van der Waals surface area contributed by atoms with Crippen molar-refractivity contribution in [1.82, 2.24) is 9.88 Å². The zero-order chi connectivity index (χ0) is 20.3. The van der Waals surface area contributed by atoms with Crippen molar-refractivity contribution in [2.45, 2.75) is 19.2 Å². The van der Waals surface area contributed by atoms with Crippen molar-refractivity contribution < 1.29 is 13.9 Å². The quantitative estimate of drug-likeness (QED) is 0.529. The van der Waals surface area contributed by atoms with E-state index in [0.29, 0.717) is 35.8 Å². The van der Waals surface area contributed by atoms with E-state index in [9.17, 15) is 4.79 Å². The zero-order valence-corrected chi connectivity index (χ0v) is 16.4. The van der Waals surface area contributed by atoms with Crippen molar-refractivity contribution in [3.8, 4) is 11.5 Å². The molecule has 1 N–H and O–H groups in total. The first-order chi connectivity index (χ1) is 14.7. The molecule has 6 heteroatoms. The SMILES string of the molecule is O=c1[nH]c2ccc3c(c2o1)OC(CN(Cc1ccccc1)Cc1ccccc1)CO3. The standard InChI is InChI=1S/C24H22N2O4/c27-24-25-20-11-12-21-23(22(20)30-24)29-19(16-28-21)15-26(13-17-7-3-1-4-8-17)14-18-9-5-2-6-10-18/h1-12,19H,13-16H2,(H,25,27). The Morgan fingerprint density at radius 3 is 2.23 bits per heavy atom. The molecule has 0 bridgehead atoms. The number of ether oxygens (including phenoxy) is 2. The first kappa shape index (κ1) is 18.5. The minimum atomic E-state index is -0.501. The summed E-state index contributed by atoms with van der Waals surface area (Å²) in [5.74, 6) is 0.583. The molecular weight excluding hydrogens is 380 g/mol. The smallest absolute Gasteiger partial charge is 0.417 e. The second-order valence-electron chi connectivity index (χ2n) is 7.48. The number of oxazole rings is 1. The summed E-state index contributed by atoms with van der Waals surface area (Å²) in [7, 11) is 0. The van der Waals surface area contributed by atoms with Crippen molar-refractivity contribution in [1.29, 1.82) is 0 Å². The highest BCUT2D eigenvalue weighted by atomic mass is 16.6. The Morgan fingerprint density at radius 1 is 0.900 bits per heavy atom. The minimum Gasteiger partial charge on any atom is -0.486 e. The third kappa shape index (κ3) is 3.95. The van der Waals surface area contributed by atoms with E-state index in [1.54, 1.807) is 12.1 Å². The summed E-state index contributed by atoms with van der Waals surface area (Å²) < 4.78 is 17.5. The number of fused-ring (bicyclic) bond motifs is 3. The Morgan fingerprint density at radius 2 is 1.57 bits per heavy atom. The number of benzene rings is 3. The third-order valence-corrected chi connectivity index (χ3v) is 5.18. The van der Waals surface area contributed by atoms with Crippen molar-refractivity contribution in [3.63, 3.8) is 0 Å². The molecule has 30 heavy (non-hydrogen) atoms. The fourth-order valence-electron chi connectivity index (χ4n) is 3.83. The van der Waals surface area contributed by atoms with Gasteiger partial charge >= 0.3 is 5.76 Å². The van der Waals surface area contributed by atoms with Crippen LogP contribution in [0.1, 0.15) is 11.1 Å². The van der Waals surface area contributed by atoms with Gasteiger partial charge < -0.3 is 13.9 Å². The van der Waals surface area contributed by atoms with E-state index in [-0.39, 0.29) is 6.10 Å². The van der Waals surface area contributed by atoms with Gasteiger partial charge in [-0.05, 0) is 23.3 Å². The van der Waals surface area contributed by atoms with Gasteiger partial charge in [0.2, 0.25) is 11.3 Å². The molecule has 0 fully saturated rings. The monoisotopic (exact) mass is 402 g/mol. The predicted molar refractivity (Wildman–Crippen MR) is 114 cm³/mol. The maximum atomic E-state index is 11.6. The van der Waals surface area contributed by atoms with E-state index >= 15 is 0 Å². The third-order valence-electron chi connectivity index (χ3n) is 5.18. The molecule has 0 amide bonds. The highest BCUT2D eigenvalue weighted by Crippen LogP contribution is 2.38. The minimum absolute atomic E-state index is 0.185. The van der Waals surface area contributed by atoms with Gasteiger partial charge in [-0.15, -0.1) is 0 Å². The maximum Gasteiger partial charge on any atom is 0.417 e. The van der Waals surface area contributed by atoms with Crippen LogP contribution in [0.3, 0.4) is 0 Å². The van der Waals surface area contributed by atoms with Crippen molar-refractivity contribution >= 4 is 11.1 Å². The molecule has 0 radical (unpaired) electrons. The van der Waals surface area contributed by atoms with Gasteiger partial charge in [-0.2, -0.15) is 0 Å². The topological polar surface area (TPSA) is 67.7 Å². The van der Waals surface area contributed by atoms with Crippen LogP contribution in [0.2, 0.25) is 0 Å². The van der Waals surface area contributed by atoms with E-state index in [1.807, 2.05) is 12.1 Å². The molecule has 1 atom stereocenters. The van der Waals surface area contributed by atoms with Crippen LogP contribution in [-0.2, 0) is 13.1 Å². The number of aromatic nitrogens is 1. The van der Waals surface area contributed by atoms with Crippen molar-refractivity contribution in [2.24, 2.45) is 0 Å². The lowest BCUT2D eigenvalue weighted by atomic mass is 10.1. The Labute approximate surface area is 173 Å². The first-order valence-corrected chi connectivity index (χ1v) is 10.00. The molecule has 1 aromatic heterocycles. The van der Waals surface area contributed by atoms with Gasteiger partial charge in [0.25, 0.3) is 0 Å². The lowest BCUT2D eigenvalue weighted by Gasteiger charge is -2.31. The summed E-state index contributed by atoms with van der Waals surface area (Å²) in [4.78, 5) is 16.6. The molecule has 2 heterocycles.